The van der Waals surface area contributed by atoms with Crippen LogP contribution in [-0.2, 0) is 4.74 Å². The van der Waals surface area contributed by atoms with Gasteiger partial charge in [-0.15, -0.1) is 0 Å². The van der Waals surface area contributed by atoms with Crippen LogP contribution in [0, 0.1) is 11.8 Å². The Hall–Kier alpha value is -0.0800. The first-order chi connectivity index (χ1) is 7.06. The number of methoxy groups -OCH3 is 1. The Morgan fingerprint density at radius 1 is 1.20 bits per heavy atom. The second-order valence-electron chi connectivity index (χ2n) is 5.48. The van der Waals surface area contributed by atoms with E-state index in [1.54, 1.807) is 0 Å². The lowest BCUT2D eigenvalue weighted by molar-refractivity contribution is 0.0150. The summed E-state index contributed by atoms with van der Waals surface area (Å²) in [5, 5.41) is 0. The van der Waals surface area contributed by atoms with E-state index in [0.717, 1.165) is 18.4 Å². The number of piperidine rings is 1. The summed E-state index contributed by atoms with van der Waals surface area (Å²) < 4.78 is 5.32. The molecule has 1 heterocycles. The molecule has 1 unspecified atom stereocenters. The number of ether oxygens (including phenoxy) is 1. The van der Waals surface area contributed by atoms with E-state index < -0.39 is 0 Å². The summed E-state index contributed by atoms with van der Waals surface area (Å²) >= 11 is 0. The van der Waals surface area contributed by atoms with E-state index in [9.17, 15) is 0 Å². The van der Waals surface area contributed by atoms with Gasteiger partial charge in [0.05, 0.1) is 6.61 Å². The SMILES string of the molecule is COCC1CC[C@@H](C(C)C)CN1C(C)C. The molecule has 2 atom stereocenters. The first-order valence-corrected chi connectivity index (χ1v) is 6.31. The van der Waals surface area contributed by atoms with Crippen LogP contribution in [0.15, 0.2) is 0 Å². The largest absolute Gasteiger partial charge is 0.383 e. The van der Waals surface area contributed by atoms with E-state index in [4.69, 9.17) is 4.74 Å². The van der Waals surface area contributed by atoms with Gasteiger partial charge in [0.25, 0.3) is 0 Å². The third kappa shape index (κ3) is 3.46. The van der Waals surface area contributed by atoms with E-state index in [0.29, 0.717) is 12.1 Å². The summed E-state index contributed by atoms with van der Waals surface area (Å²) in [7, 11) is 1.81. The van der Waals surface area contributed by atoms with Crippen LogP contribution < -0.4 is 0 Å². The first kappa shape index (κ1) is 13.0. The highest BCUT2D eigenvalue weighted by Gasteiger charge is 2.30. The van der Waals surface area contributed by atoms with Gasteiger partial charge in [0.1, 0.15) is 0 Å². The van der Waals surface area contributed by atoms with E-state index >= 15 is 0 Å². The number of rotatable bonds is 4. The smallest absolute Gasteiger partial charge is 0.0618 e. The molecule has 0 amide bonds. The average Bonchev–Trinajstić information content (AvgIpc) is 2.18. The quantitative estimate of drug-likeness (QED) is 0.712. The van der Waals surface area contributed by atoms with Gasteiger partial charge >= 0.3 is 0 Å². The highest BCUT2D eigenvalue weighted by Crippen LogP contribution is 2.28. The van der Waals surface area contributed by atoms with Gasteiger partial charge in [-0.3, -0.25) is 4.90 Å². The number of likely N-dealkylation sites (tertiary alicyclic amines) is 1. The summed E-state index contributed by atoms with van der Waals surface area (Å²) in [4.78, 5) is 2.62. The molecule has 0 bridgehead atoms. The summed E-state index contributed by atoms with van der Waals surface area (Å²) in [6, 6.07) is 1.29. The molecule has 0 aromatic rings. The van der Waals surface area contributed by atoms with Gasteiger partial charge < -0.3 is 4.74 Å². The zero-order valence-electron chi connectivity index (χ0n) is 11.0. The Kier molecular flexibility index (Phi) is 5.07. The van der Waals surface area contributed by atoms with Crippen LogP contribution in [0.3, 0.4) is 0 Å². The number of hydrogen-bond acceptors (Lipinski definition) is 2. The summed E-state index contributed by atoms with van der Waals surface area (Å²) in [5.74, 6) is 1.69. The Balaban J connectivity index is 2.56. The lowest BCUT2D eigenvalue weighted by Crippen LogP contribution is -2.49. The fourth-order valence-electron chi connectivity index (χ4n) is 2.63. The Morgan fingerprint density at radius 3 is 2.33 bits per heavy atom. The van der Waals surface area contributed by atoms with Crippen molar-refractivity contribution in [3.63, 3.8) is 0 Å². The van der Waals surface area contributed by atoms with Crippen LogP contribution in [0.4, 0.5) is 0 Å². The Bertz CT molecular complexity index is 179. The molecule has 0 aliphatic carbocycles. The summed E-state index contributed by atoms with van der Waals surface area (Å²) in [6.45, 7) is 11.4. The van der Waals surface area contributed by atoms with Gasteiger partial charge in [-0.25, -0.2) is 0 Å². The Morgan fingerprint density at radius 2 is 1.87 bits per heavy atom. The first-order valence-electron chi connectivity index (χ1n) is 6.31. The van der Waals surface area contributed by atoms with Gasteiger partial charge in [0, 0.05) is 25.7 Å². The van der Waals surface area contributed by atoms with Gasteiger partial charge in [0.15, 0.2) is 0 Å². The summed E-state index contributed by atoms with van der Waals surface area (Å²) in [6.07, 6.45) is 2.67. The van der Waals surface area contributed by atoms with E-state index in [1.165, 1.54) is 19.4 Å². The van der Waals surface area contributed by atoms with Crippen molar-refractivity contribution in [2.75, 3.05) is 20.3 Å². The fourth-order valence-corrected chi connectivity index (χ4v) is 2.63. The zero-order valence-corrected chi connectivity index (χ0v) is 11.0. The van der Waals surface area contributed by atoms with Gasteiger partial charge in [0.2, 0.25) is 0 Å². The predicted molar refractivity (Wildman–Crippen MR) is 65.1 cm³/mol. The van der Waals surface area contributed by atoms with Crippen molar-refractivity contribution in [3.05, 3.63) is 0 Å². The highest BCUT2D eigenvalue weighted by atomic mass is 16.5. The van der Waals surface area contributed by atoms with E-state index in [2.05, 4.69) is 32.6 Å². The van der Waals surface area contributed by atoms with Crippen LogP contribution in [-0.4, -0.2) is 37.2 Å². The molecule has 2 nitrogen and oxygen atoms in total. The van der Waals surface area contributed by atoms with E-state index in [-0.39, 0.29) is 0 Å². The molecule has 0 aromatic carbocycles. The molecule has 15 heavy (non-hydrogen) atoms. The molecule has 1 saturated heterocycles. The van der Waals surface area contributed by atoms with Crippen LogP contribution in [0.1, 0.15) is 40.5 Å². The number of nitrogens with zero attached hydrogens (tertiary/aromatic N) is 1. The van der Waals surface area contributed by atoms with Crippen molar-refractivity contribution in [1.29, 1.82) is 0 Å². The lowest BCUT2D eigenvalue weighted by Gasteiger charge is -2.43. The molecule has 0 spiro atoms. The highest BCUT2D eigenvalue weighted by molar-refractivity contribution is 4.84. The van der Waals surface area contributed by atoms with Crippen molar-refractivity contribution in [2.45, 2.75) is 52.6 Å². The van der Waals surface area contributed by atoms with Crippen molar-refractivity contribution < 1.29 is 4.74 Å². The second-order valence-corrected chi connectivity index (χ2v) is 5.48. The molecular weight excluding hydrogens is 186 g/mol. The molecule has 90 valence electrons. The molecule has 1 rings (SSSR count). The maximum Gasteiger partial charge on any atom is 0.0618 e. The standard InChI is InChI=1S/C13H27NO/c1-10(2)12-6-7-13(9-15-5)14(8-12)11(3)4/h10-13H,6-9H2,1-5H3/t12-,13?/m1/s1. The minimum Gasteiger partial charge on any atom is -0.383 e. The van der Waals surface area contributed by atoms with E-state index in [1.807, 2.05) is 7.11 Å². The molecule has 1 aliphatic heterocycles. The zero-order chi connectivity index (χ0) is 11.4. The minimum atomic E-state index is 0.644. The van der Waals surface area contributed by atoms with Gasteiger partial charge in [-0.2, -0.15) is 0 Å². The maximum atomic E-state index is 5.32. The van der Waals surface area contributed by atoms with Crippen LogP contribution in [0.25, 0.3) is 0 Å². The molecule has 2 heteroatoms. The van der Waals surface area contributed by atoms with Crippen molar-refractivity contribution >= 4 is 0 Å². The normalized spacial score (nSPS) is 29.0. The molecule has 0 aromatic heterocycles. The van der Waals surface area contributed by atoms with Crippen molar-refractivity contribution in [3.8, 4) is 0 Å². The molecular formula is C13H27NO. The van der Waals surface area contributed by atoms with Crippen LogP contribution in [0.2, 0.25) is 0 Å². The predicted octanol–water partition coefficient (Wildman–Crippen LogP) is 2.78. The molecule has 1 fully saturated rings. The van der Waals surface area contributed by atoms with Crippen molar-refractivity contribution in [2.24, 2.45) is 11.8 Å². The summed E-state index contributed by atoms with van der Waals surface area (Å²) in [5.41, 5.74) is 0. The van der Waals surface area contributed by atoms with Crippen LogP contribution in [0.5, 0.6) is 0 Å². The third-order valence-electron chi connectivity index (χ3n) is 3.75. The monoisotopic (exact) mass is 213 g/mol. The second kappa shape index (κ2) is 5.86. The molecule has 0 saturated carbocycles. The topological polar surface area (TPSA) is 12.5 Å². The van der Waals surface area contributed by atoms with Crippen LogP contribution >= 0.6 is 0 Å². The minimum absolute atomic E-state index is 0.644. The molecule has 0 radical (unpaired) electrons. The molecule has 0 N–H and O–H groups in total. The lowest BCUT2D eigenvalue weighted by atomic mass is 9.84. The third-order valence-corrected chi connectivity index (χ3v) is 3.75. The Labute approximate surface area is 95.0 Å². The maximum absolute atomic E-state index is 5.32. The van der Waals surface area contributed by atoms with Gasteiger partial charge in [-0.1, -0.05) is 13.8 Å². The number of hydrogen-bond donors (Lipinski definition) is 0. The molecule has 1 aliphatic rings. The average molecular weight is 213 g/mol. The van der Waals surface area contributed by atoms with Gasteiger partial charge in [-0.05, 0) is 38.5 Å². The van der Waals surface area contributed by atoms with Crippen molar-refractivity contribution in [1.82, 2.24) is 4.90 Å². The fraction of sp³-hybridized carbons (Fsp3) is 1.00.